The van der Waals surface area contributed by atoms with Gasteiger partial charge >= 0.3 is 0 Å². The number of nitrogens with one attached hydrogen (secondary N) is 1. The minimum atomic E-state index is -3.20. The van der Waals surface area contributed by atoms with Crippen molar-refractivity contribution in [2.75, 3.05) is 23.7 Å². The Kier molecular flexibility index (Phi) is 5.73. The van der Waals surface area contributed by atoms with Crippen molar-refractivity contribution in [3.8, 4) is 11.1 Å². The normalized spacial score (nSPS) is 15.7. The Bertz CT molecular complexity index is 1370. The van der Waals surface area contributed by atoms with Crippen LogP contribution in [0.4, 0.5) is 5.69 Å². The highest BCUT2D eigenvalue weighted by Crippen LogP contribution is 2.36. The first-order valence-electron chi connectivity index (χ1n) is 11.5. The zero-order valence-corrected chi connectivity index (χ0v) is 19.8. The van der Waals surface area contributed by atoms with Crippen LogP contribution in [0.1, 0.15) is 46.0 Å². The van der Waals surface area contributed by atoms with Crippen LogP contribution < -0.4 is 10.2 Å². The molecule has 0 saturated carbocycles. The smallest absolute Gasteiger partial charge is 0.251 e. The molecular weight excluding hydrogens is 448 g/mol. The number of carbonyl (C=O) groups excluding carboxylic acids is 2. The lowest BCUT2D eigenvalue weighted by Gasteiger charge is -2.34. The number of nitrogens with zero attached hydrogens (tertiary/aromatic N) is 1. The van der Waals surface area contributed by atoms with E-state index in [-0.39, 0.29) is 23.5 Å². The van der Waals surface area contributed by atoms with E-state index in [4.69, 9.17) is 0 Å². The standard InChI is InChI=1S/C27H26N2O4S/c1-2-34(32,33)21-10-8-20(9-11-21)29-15-13-19(14-16-29)28-27(31)18-7-12-23-22-5-3-4-6-24(22)26(30)25(23)17-18/h3-12,17,19H,2,13-16H2,1H3,(H,28,31). The number of anilines is 1. The molecule has 0 atom stereocenters. The van der Waals surface area contributed by atoms with Crippen molar-refractivity contribution in [2.45, 2.75) is 30.7 Å². The van der Waals surface area contributed by atoms with Crippen LogP contribution in [0.2, 0.25) is 0 Å². The van der Waals surface area contributed by atoms with Crippen LogP contribution in [-0.4, -0.2) is 45.0 Å². The van der Waals surface area contributed by atoms with Crippen LogP contribution in [0, 0.1) is 0 Å². The maximum Gasteiger partial charge on any atom is 0.251 e. The fraction of sp³-hybridized carbons (Fsp3) is 0.259. The minimum Gasteiger partial charge on any atom is -0.371 e. The fourth-order valence-electron chi connectivity index (χ4n) is 4.75. The average molecular weight is 475 g/mol. The molecule has 5 rings (SSSR count). The highest BCUT2D eigenvalue weighted by molar-refractivity contribution is 7.91. The summed E-state index contributed by atoms with van der Waals surface area (Å²) in [5.74, 6) is -0.117. The third kappa shape index (κ3) is 4.01. The number of hydrogen-bond donors (Lipinski definition) is 1. The minimum absolute atomic E-state index is 0.0358. The van der Waals surface area contributed by atoms with E-state index in [1.165, 1.54) is 0 Å². The zero-order chi connectivity index (χ0) is 23.9. The van der Waals surface area contributed by atoms with Crippen LogP contribution in [0.15, 0.2) is 71.6 Å². The predicted molar refractivity (Wildman–Crippen MR) is 132 cm³/mol. The Morgan fingerprint density at radius 2 is 1.56 bits per heavy atom. The molecule has 1 fully saturated rings. The Morgan fingerprint density at radius 1 is 0.912 bits per heavy atom. The molecule has 3 aromatic carbocycles. The van der Waals surface area contributed by atoms with E-state index in [9.17, 15) is 18.0 Å². The van der Waals surface area contributed by atoms with E-state index in [2.05, 4.69) is 10.2 Å². The van der Waals surface area contributed by atoms with Crippen molar-refractivity contribution in [1.29, 1.82) is 0 Å². The number of piperidine rings is 1. The third-order valence-electron chi connectivity index (χ3n) is 6.76. The van der Waals surface area contributed by atoms with Crippen LogP contribution in [0.3, 0.4) is 0 Å². The molecule has 1 saturated heterocycles. The molecule has 3 aromatic rings. The van der Waals surface area contributed by atoms with Crippen molar-refractivity contribution in [2.24, 2.45) is 0 Å². The molecule has 6 nitrogen and oxygen atoms in total. The van der Waals surface area contributed by atoms with Crippen LogP contribution in [0.25, 0.3) is 11.1 Å². The Labute approximate surface area is 199 Å². The summed E-state index contributed by atoms with van der Waals surface area (Å²) in [7, 11) is -3.20. The second-order valence-electron chi connectivity index (χ2n) is 8.77. The van der Waals surface area contributed by atoms with E-state index >= 15 is 0 Å². The predicted octanol–water partition coefficient (Wildman–Crippen LogP) is 4.09. The largest absolute Gasteiger partial charge is 0.371 e. The zero-order valence-electron chi connectivity index (χ0n) is 19.0. The number of amides is 1. The molecule has 1 N–H and O–H groups in total. The van der Waals surface area contributed by atoms with E-state index in [1.54, 1.807) is 31.2 Å². The number of sulfone groups is 1. The van der Waals surface area contributed by atoms with Crippen molar-refractivity contribution in [1.82, 2.24) is 5.32 Å². The highest BCUT2D eigenvalue weighted by Gasteiger charge is 2.28. The molecular formula is C27H26N2O4S. The number of fused-ring (bicyclic) bond motifs is 3. The van der Waals surface area contributed by atoms with Gasteiger partial charge in [0.15, 0.2) is 15.6 Å². The second kappa shape index (κ2) is 8.72. The summed E-state index contributed by atoms with van der Waals surface area (Å²) in [6, 6.07) is 19.9. The van der Waals surface area contributed by atoms with Crippen molar-refractivity contribution < 1.29 is 18.0 Å². The number of benzene rings is 3. The molecule has 1 heterocycles. The second-order valence-corrected chi connectivity index (χ2v) is 11.0. The molecule has 0 unspecified atom stereocenters. The van der Waals surface area contributed by atoms with Gasteiger partial charge in [-0.05, 0) is 60.4 Å². The van der Waals surface area contributed by atoms with E-state index in [0.29, 0.717) is 21.6 Å². The van der Waals surface area contributed by atoms with Gasteiger partial charge in [-0.1, -0.05) is 37.3 Å². The first kappa shape index (κ1) is 22.3. The number of rotatable bonds is 5. The summed E-state index contributed by atoms with van der Waals surface area (Å²) >= 11 is 0. The molecule has 174 valence electrons. The number of ketones is 1. The average Bonchev–Trinajstić information content (AvgIpc) is 3.16. The van der Waals surface area contributed by atoms with Gasteiger partial charge in [0, 0.05) is 41.5 Å². The quantitative estimate of drug-likeness (QED) is 0.471. The van der Waals surface area contributed by atoms with E-state index in [1.807, 2.05) is 42.5 Å². The molecule has 2 aliphatic rings. The fourth-order valence-corrected chi connectivity index (χ4v) is 5.64. The van der Waals surface area contributed by atoms with Gasteiger partial charge in [0.05, 0.1) is 10.6 Å². The Balaban J connectivity index is 1.21. The van der Waals surface area contributed by atoms with Gasteiger partial charge in [-0.25, -0.2) is 8.42 Å². The van der Waals surface area contributed by atoms with Gasteiger partial charge < -0.3 is 10.2 Å². The molecule has 0 spiro atoms. The third-order valence-corrected chi connectivity index (χ3v) is 8.51. The van der Waals surface area contributed by atoms with Gasteiger partial charge in [0.1, 0.15) is 0 Å². The highest BCUT2D eigenvalue weighted by atomic mass is 32.2. The van der Waals surface area contributed by atoms with Gasteiger partial charge in [-0.2, -0.15) is 0 Å². The molecule has 0 radical (unpaired) electrons. The van der Waals surface area contributed by atoms with Crippen molar-refractivity contribution in [3.05, 3.63) is 83.4 Å². The van der Waals surface area contributed by atoms with Crippen LogP contribution in [-0.2, 0) is 9.84 Å². The Morgan fingerprint density at radius 3 is 2.24 bits per heavy atom. The SMILES string of the molecule is CCS(=O)(=O)c1ccc(N2CCC(NC(=O)c3ccc4c(c3)C(=O)c3ccccc3-4)CC2)cc1. The molecule has 1 amide bonds. The molecule has 1 aliphatic heterocycles. The van der Waals surface area contributed by atoms with Crippen LogP contribution >= 0.6 is 0 Å². The van der Waals surface area contributed by atoms with Gasteiger partial charge in [-0.15, -0.1) is 0 Å². The summed E-state index contributed by atoms with van der Waals surface area (Å²) in [4.78, 5) is 28.2. The van der Waals surface area contributed by atoms with E-state index < -0.39 is 9.84 Å². The lowest BCUT2D eigenvalue weighted by molar-refractivity contribution is 0.0931. The lowest BCUT2D eigenvalue weighted by Crippen LogP contribution is -2.44. The summed E-state index contributed by atoms with van der Waals surface area (Å²) in [5.41, 5.74) is 4.54. The van der Waals surface area contributed by atoms with Crippen LogP contribution in [0.5, 0.6) is 0 Å². The topological polar surface area (TPSA) is 83.6 Å². The van der Waals surface area contributed by atoms with Crippen molar-refractivity contribution >= 4 is 27.2 Å². The summed E-state index contributed by atoms with van der Waals surface area (Å²) in [6.07, 6.45) is 1.58. The summed E-state index contributed by atoms with van der Waals surface area (Å²) in [5, 5.41) is 3.11. The van der Waals surface area contributed by atoms with Crippen molar-refractivity contribution in [3.63, 3.8) is 0 Å². The molecule has 1 aliphatic carbocycles. The maximum atomic E-state index is 12.9. The number of hydrogen-bond acceptors (Lipinski definition) is 5. The first-order valence-corrected chi connectivity index (χ1v) is 13.2. The summed E-state index contributed by atoms with van der Waals surface area (Å²) in [6.45, 7) is 3.17. The number of carbonyl (C=O) groups is 2. The van der Waals surface area contributed by atoms with Gasteiger partial charge in [0.25, 0.3) is 5.91 Å². The maximum absolute atomic E-state index is 12.9. The Hall–Kier alpha value is -3.45. The molecule has 0 aromatic heterocycles. The van der Waals surface area contributed by atoms with Gasteiger partial charge in [-0.3, -0.25) is 9.59 Å². The monoisotopic (exact) mass is 474 g/mol. The first-order chi connectivity index (χ1) is 16.4. The molecule has 0 bridgehead atoms. The molecule has 7 heteroatoms. The summed E-state index contributed by atoms with van der Waals surface area (Å²) < 4.78 is 24.0. The molecule has 34 heavy (non-hydrogen) atoms. The van der Waals surface area contributed by atoms with E-state index in [0.717, 1.165) is 42.7 Å². The lowest BCUT2D eigenvalue weighted by atomic mass is 10.0. The van der Waals surface area contributed by atoms with Gasteiger partial charge in [0.2, 0.25) is 0 Å².